The number of hydrogen-bond acceptors (Lipinski definition) is 3. The molecule has 0 amide bonds. The maximum Gasteiger partial charge on any atom is 0.287 e. The van der Waals surface area contributed by atoms with E-state index in [1.807, 2.05) is 12.1 Å². The van der Waals surface area contributed by atoms with E-state index in [1.54, 1.807) is 30.3 Å². The number of rotatable bonds is 4. The predicted octanol–water partition coefficient (Wildman–Crippen LogP) is 5.85. The Labute approximate surface area is 146 Å². The zero-order valence-electron chi connectivity index (χ0n) is 11.3. The number of benzene rings is 2. The Hall–Kier alpha value is -1.36. The van der Waals surface area contributed by atoms with E-state index in [4.69, 9.17) is 37.4 Å². The molecule has 22 heavy (non-hydrogen) atoms. The zero-order chi connectivity index (χ0) is 15.6. The van der Waals surface area contributed by atoms with Gasteiger partial charge in [-0.15, -0.1) is 0 Å². The Morgan fingerprint density at radius 3 is 2.18 bits per heavy atom. The molecule has 1 aliphatic heterocycles. The van der Waals surface area contributed by atoms with Gasteiger partial charge in [-0.3, -0.25) is 0 Å². The first kappa shape index (κ1) is 15.5. The highest BCUT2D eigenvalue weighted by Crippen LogP contribution is 2.39. The standard InChI is InChI=1S/C16H11BrCl2O3/c17-10-16(20-7-8-21-16)14-6-5-13(9-15(14)19)22-12-3-1-11(18)2-4-12/h1-9H,10H2. The van der Waals surface area contributed by atoms with Gasteiger partial charge >= 0.3 is 0 Å². The van der Waals surface area contributed by atoms with Crippen LogP contribution in [0.1, 0.15) is 5.56 Å². The molecule has 2 aromatic carbocycles. The maximum atomic E-state index is 6.36. The average molecular weight is 402 g/mol. The SMILES string of the molecule is Clc1ccc(Oc2ccc(C3(CBr)OC=CO3)c(Cl)c2)cc1. The number of halogens is 3. The van der Waals surface area contributed by atoms with Gasteiger partial charge < -0.3 is 14.2 Å². The molecule has 0 N–H and O–H groups in total. The molecular formula is C16H11BrCl2O3. The Morgan fingerprint density at radius 2 is 1.59 bits per heavy atom. The van der Waals surface area contributed by atoms with E-state index in [0.29, 0.717) is 26.9 Å². The second kappa shape index (κ2) is 6.41. The van der Waals surface area contributed by atoms with Gasteiger partial charge in [-0.05, 0) is 42.5 Å². The quantitative estimate of drug-likeness (QED) is 0.601. The molecule has 0 atom stereocenters. The van der Waals surface area contributed by atoms with Crippen LogP contribution in [-0.2, 0) is 15.3 Å². The van der Waals surface area contributed by atoms with Crippen molar-refractivity contribution in [3.05, 3.63) is 70.6 Å². The van der Waals surface area contributed by atoms with Gasteiger partial charge in [0, 0.05) is 5.02 Å². The van der Waals surface area contributed by atoms with E-state index in [9.17, 15) is 0 Å². The number of ether oxygens (including phenoxy) is 3. The summed E-state index contributed by atoms with van der Waals surface area (Å²) in [5, 5.41) is 1.60. The molecule has 2 aromatic rings. The summed E-state index contributed by atoms with van der Waals surface area (Å²) >= 11 is 15.6. The summed E-state index contributed by atoms with van der Waals surface area (Å²) in [5.41, 5.74) is 0.722. The van der Waals surface area contributed by atoms with E-state index in [1.165, 1.54) is 12.5 Å². The smallest absolute Gasteiger partial charge is 0.287 e. The summed E-state index contributed by atoms with van der Waals surface area (Å²) in [6, 6.07) is 12.5. The summed E-state index contributed by atoms with van der Waals surface area (Å²) in [4.78, 5) is 0. The normalized spacial score (nSPS) is 15.2. The summed E-state index contributed by atoms with van der Waals surface area (Å²) in [5.74, 6) is 0.362. The van der Waals surface area contributed by atoms with Crippen molar-refractivity contribution in [2.24, 2.45) is 0 Å². The molecule has 0 bridgehead atoms. The molecule has 1 aliphatic rings. The Balaban J connectivity index is 1.84. The highest BCUT2D eigenvalue weighted by molar-refractivity contribution is 9.09. The minimum atomic E-state index is -0.935. The van der Waals surface area contributed by atoms with Crippen molar-refractivity contribution in [1.82, 2.24) is 0 Å². The molecule has 0 saturated heterocycles. The lowest BCUT2D eigenvalue weighted by Crippen LogP contribution is -2.29. The molecule has 0 saturated carbocycles. The van der Waals surface area contributed by atoms with Crippen LogP contribution in [0.25, 0.3) is 0 Å². The molecule has 3 nitrogen and oxygen atoms in total. The van der Waals surface area contributed by atoms with Crippen LogP contribution >= 0.6 is 39.1 Å². The van der Waals surface area contributed by atoms with Crippen LogP contribution in [0.2, 0.25) is 10.0 Å². The van der Waals surface area contributed by atoms with E-state index >= 15 is 0 Å². The van der Waals surface area contributed by atoms with Crippen LogP contribution < -0.4 is 4.74 Å². The van der Waals surface area contributed by atoms with Gasteiger partial charge in [-0.25, -0.2) is 0 Å². The summed E-state index contributed by atoms with van der Waals surface area (Å²) < 4.78 is 16.8. The van der Waals surface area contributed by atoms with Crippen molar-refractivity contribution in [2.75, 3.05) is 5.33 Å². The summed E-state index contributed by atoms with van der Waals surface area (Å²) in [6.07, 6.45) is 2.99. The second-order valence-corrected chi connectivity index (χ2v) is 6.00. The molecule has 114 valence electrons. The third-order valence-corrected chi connectivity index (χ3v) is 4.45. The van der Waals surface area contributed by atoms with E-state index < -0.39 is 5.79 Å². The largest absolute Gasteiger partial charge is 0.457 e. The van der Waals surface area contributed by atoms with Crippen LogP contribution in [-0.4, -0.2) is 5.33 Å². The molecule has 0 aromatic heterocycles. The van der Waals surface area contributed by atoms with Gasteiger partial charge in [0.1, 0.15) is 24.0 Å². The predicted molar refractivity (Wildman–Crippen MR) is 89.8 cm³/mol. The van der Waals surface area contributed by atoms with Gasteiger partial charge in [0.2, 0.25) is 0 Å². The lowest BCUT2D eigenvalue weighted by Gasteiger charge is -2.26. The first-order valence-electron chi connectivity index (χ1n) is 6.43. The fourth-order valence-electron chi connectivity index (χ4n) is 2.07. The first-order chi connectivity index (χ1) is 10.6. The fourth-order valence-corrected chi connectivity index (χ4v) is 3.08. The van der Waals surface area contributed by atoms with Crippen molar-refractivity contribution in [3.63, 3.8) is 0 Å². The number of alkyl halides is 1. The minimum Gasteiger partial charge on any atom is -0.457 e. The van der Waals surface area contributed by atoms with Crippen LogP contribution in [0.15, 0.2) is 55.0 Å². The van der Waals surface area contributed by atoms with Gasteiger partial charge in [-0.1, -0.05) is 39.1 Å². The number of hydrogen-bond donors (Lipinski definition) is 0. The fraction of sp³-hybridized carbons (Fsp3) is 0.125. The second-order valence-electron chi connectivity index (χ2n) is 4.59. The highest BCUT2D eigenvalue weighted by Gasteiger charge is 2.39. The van der Waals surface area contributed by atoms with Crippen LogP contribution in [0.4, 0.5) is 0 Å². The van der Waals surface area contributed by atoms with Crippen molar-refractivity contribution >= 4 is 39.1 Å². The van der Waals surface area contributed by atoms with Gasteiger partial charge in [0.05, 0.1) is 15.9 Å². The molecule has 0 radical (unpaired) electrons. The molecule has 0 fully saturated rings. The lowest BCUT2D eigenvalue weighted by atomic mass is 10.1. The lowest BCUT2D eigenvalue weighted by molar-refractivity contribution is -0.127. The molecule has 3 rings (SSSR count). The van der Waals surface area contributed by atoms with Crippen LogP contribution in [0.5, 0.6) is 11.5 Å². The maximum absolute atomic E-state index is 6.36. The molecule has 0 aliphatic carbocycles. The Bertz CT molecular complexity index is 693. The molecule has 6 heteroatoms. The minimum absolute atomic E-state index is 0.449. The summed E-state index contributed by atoms with van der Waals surface area (Å²) in [7, 11) is 0. The Morgan fingerprint density at radius 1 is 0.955 bits per heavy atom. The summed E-state index contributed by atoms with van der Waals surface area (Å²) in [6.45, 7) is 0. The molecule has 1 heterocycles. The third kappa shape index (κ3) is 3.05. The topological polar surface area (TPSA) is 27.7 Å². The molecule has 0 spiro atoms. The van der Waals surface area contributed by atoms with E-state index in [2.05, 4.69) is 15.9 Å². The van der Waals surface area contributed by atoms with Crippen molar-refractivity contribution in [1.29, 1.82) is 0 Å². The molecule has 0 unspecified atom stereocenters. The monoisotopic (exact) mass is 400 g/mol. The van der Waals surface area contributed by atoms with Crippen molar-refractivity contribution in [3.8, 4) is 11.5 Å². The Kier molecular flexibility index (Phi) is 4.52. The van der Waals surface area contributed by atoms with Gasteiger partial charge in [-0.2, -0.15) is 0 Å². The van der Waals surface area contributed by atoms with Gasteiger partial charge in [0.25, 0.3) is 5.79 Å². The van der Waals surface area contributed by atoms with Crippen molar-refractivity contribution < 1.29 is 14.2 Å². The van der Waals surface area contributed by atoms with Crippen LogP contribution in [0, 0.1) is 0 Å². The molecular weight excluding hydrogens is 391 g/mol. The van der Waals surface area contributed by atoms with Gasteiger partial charge in [0.15, 0.2) is 0 Å². The highest BCUT2D eigenvalue weighted by atomic mass is 79.9. The average Bonchev–Trinajstić information content (AvgIpc) is 3.00. The van der Waals surface area contributed by atoms with E-state index in [-0.39, 0.29) is 0 Å². The van der Waals surface area contributed by atoms with Crippen LogP contribution in [0.3, 0.4) is 0 Å². The third-order valence-electron chi connectivity index (χ3n) is 3.15. The van der Waals surface area contributed by atoms with Crippen molar-refractivity contribution in [2.45, 2.75) is 5.79 Å². The first-order valence-corrected chi connectivity index (χ1v) is 8.31. The van der Waals surface area contributed by atoms with E-state index in [0.717, 1.165) is 5.56 Å². The zero-order valence-corrected chi connectivity index (χ0v) is 14.4.